The lowest BCUT2D eigenvalue weighted by atomic mass is 9.83. The molecule has 0 saturated carbocycles. The molecule has 0 bridgehead atoms. The molecular formula is C18H31N3. The van der Waals surface area contributed by atoms with E-state index in [-0.39, 0.29) is 5.54 Å². The smallest absolute Gasteiger partial charge is 0.126 e. The van der Waals surface area contributed by atoms with Crippen molar-refractivity contribution >= 4 is 5.82 Å². The van der Waals surface area contributed by atoms with Crippen molar-refractivity contribution in [1.82, 2.24) is 9.88 Å². The average molecular weight is 289 g/mol. The summed E-state index contributed by atoms with van der Waals surface area (Å²) in [5.74, 6) is 0.994. The molecular weight excluding hydrogens is 258 g/mol. The first-order valence-corrected chi connectivity index (χ1v) is 8.03. The number of rotatable bonds is 2. The van der Waals surface area contributed by atoms with Crippen LogP contribution in [0.5, 0.6) is 0 Å². The predicted octanol–water partition coefficient (Wildman–Crippen LogP) is 4.09. The summed E-state index contributed by atoms with van der Waals surface area (Å²) in [6.07, 6.45) is 3.11. The van der Waals surface area contributed by atoms with Crippen LogP contribution in [0.2, 0.25) is 0 Å². The van der Waals surface area contributed by atoms with Gasteiger partial charge in [0.2, 0.25) is 0 Å². The second-order valence-corrected chi connectivity index (χ2v) is 8.50. The molecule has 2 unspecified atom stereocenters. The first-order chi connectivity index (χ1) is 9.57. The third-order valence-corrected chi connectivity index (χ3v) is 4.43. The largest absolute Gasteiger partial charge is 0.366 e. The molecule has 1 aliphatic rings. The number of aromatic nitrogens is 1. The number of aryl methyl sites for hydroxylation is 1. The van der Waals surface area contributed by atoms with Gasteiger partial charge in [0.25, 0.3) is 0 Å². The van der Waals surface area contributed by atoms with E-state index in [1.54, 1.807) is 0 Å². The highest BCUT2D eigenvalue weighted by atomic mass is 15.3. The number of pyridine rings is 1. The van der Waals surface area contributed by atoms with Crippen molar-refractivity contribution in [3.63, 3.8) is 0 Å². The molecule has 2 atom stereocenters. The lowest BCUT2D eigenvalue weighted by molar-refractivity contribution is 0.0580. The van der Waals surface area contributed by atoms with Gasteiger partial charge in [-0.25, -0.2) is 4.98 Å². The fourth-order valence-electron chi connectivity index (χ4n) is 3.27. The zero-order valence-corrected chi connectivity index (χ0v) is 14.7. The second kappa shape index (κ2) is 5.60. The van der Waals surface area contributed by atoms with Crippen molar-refractivity contribution < 1.29 is 0 Å². The minimum absolute atomic E-state index is 0.203. The van der Waals surface area contributed by atoms with Crippen LogP contribution < -0.4 is 5.32 Å². The van der Waals surface area contributed by atoms with Gasteiger partial charge < -0.3 is 5.32 Å². The maximum absolute atomic E-state index is 4.49. The van der Waals surface area contributed by atoms with Gasteiger partial charge in [0.15, 0.2) is 0 Å². The predicted molar refractivity (Wildman–Crippen MR) is 90.7 cm³/mol. The maximum Gasteiger partial charge on any atom is 0.126 e. The lowest BCUT2D eigenvalue weighted by Gasteiger charge is -2.42. The van der Waals surface area contributed by atoms with E-state index >= 15 is 0 Å². The van der Waals surface area contributed by atoms with Gasteiger partial charge in [-0.2, -0.15) is 0 Å². The van der Waals surface area contributed by atoms with E-state index in [1.165, 1.54) is 12.0 Å². The van der Waals surface area contributed by atoms with Gasteiger partial charge in [-0.3, -0.25) is 4.90 Å². The number of hydrogen-bond acceptors (Lipinski definition) is 3. The fourth-order valence-corrected chi connectivity index (χ4v) is 3.27. The van der Waals surface area contributed by atoms with E-state index in [9.17, 15) is 0 Å². The number of likely N-dealkylation sites (tertiary alicyclic amines) is 1. The maximum atomic E-state index is 4.49. The quantitative estimate of drug-likeness (QED) is 0.889. The topological polar surface area (TPSA) is 28.2 Å². The minimum atomic E-state index is 0.203. The summed E-state index contributed by atoms with van der Waals surface area (Å²) >= 11 is 0. The molecule has 2 rings (SSSR count). The molecule has 1 fully saturated rings. The molecule has 0 spiro atoms. The van der Waals surface area contributed by atoms with E-state index in [1.807, 2.05) is 6.20 Å². The van der Waals surface area contributed by atoms with Crippen LogP contribution in [0.4, 0.5) is 5.82 Å². The molecule has 3 heteroatoms. The minimum Gasteiger partial charge on any atom is -0.366 e. The standard InChI is InChI=1S/C18H31N3/c1-13-8-9-16(19-11-13)20-14-10-15(17(2,3)4)21(12-14)18(5,6)7/h8-9,11,14-15H,10,12H2,1-7H3,(H,19,20). The summed E-state index contributed by atoms with van der Waals surface area (Å²) in [6, 6.07) is 5.28. The van der Waals surface area contributed by atoms with Crippen LogP contribution in [0, 0.1) is 12.3 Å². The van der Waals surface area contributed by atoms with E-state index in [2.05, 4.69) is 75.8 Å². The normalized spacial score (nSPS) is 24.3. The molecule has 0 aromatic carbocycles. The van der Waals surface area contributed by atoms with Crippen molar-refractivity contribution in [2.24, 2.45) is 5.41 Å². The zero-order chi connectivity index (χ0) is 15.8. The van der Waals surface area contributed by atoms with Gasteiger partial charge in [0.1, 0.15) is 5.82 Å². The summed E-state index contributed by atoms with van der Waals surface area (Å²) < 4.78 is 0. The summed E-state index contributed by atoms with van der Waals surface area (Å²) in [5.41, 5.74) is 1.70. The lowest BCUT2D eigenvalue weighted by Crippen LogP contribution is -2.49. The van der Waals surface area contributed by atoms with Crippen molar-refractivity contribution in [2.45, 2.75) is 72.5 Å². The van der Waals surface area contributed by atoms with Crippen LogP contribution in [-0.2, 0) is 0 Å². The van der Waals surface area contributed by atoms with Gasteiger partial charge in [-0.05, 0) is 51.2 Å². The van der Waals surface area contributed by atoms with Gasteiger partial charge in [-0.1, -0.05) is 26.8 Å². The van der Waals surface area contributed by atoms with Gasteiger partial charge in [0.05, 0.1) is 0 Å². The molecule has 1 aromatic heterocycles. The van der Waals surface area contributed by atoms with Crippen LogP contribution in [0.1, 0.15) is 53.5 Å². The number of anilines is 1. The van der Waals surface area contributed by atoms with Crippen LogP contribution in [-0.4, -0.2) is 34.1 Å². The van der Waals surface area contributed by atoms with Crippen LogP contribution in [0.15, 0.2) is 18.3 Å². The highest BCUT2D eigenvalue weighted by molar-refractivity contribution is 5.37. The first kappa shape index (κ1) is 16.3. The molecule has 1 N–H and O–H groups in total. The SMILES string of the molecule is Cc1ccc(NC2CC(C(C)(C)C)N(C(C)(C)C)C2)nc1. The molecule has 3 nitrogen and oxygen atoms in total. The second-order valence-electron chi connectivity index (χ2n) is 8.50. The molecule has 118 valence electrons. The number of nitrogens with one attached hydrogen (secondary N) is 1. The monoisotopic (exact) mass is 289 g/mol. The molecule has 0 radical (unpaired) electrons. The highest BCUT2D eigenvalue weighted by Gasteiger charge is 2.43. The van der Waals surface area contributed by atoms with Gasteiger partial charge >= 0.3 is 0 Å². The van der Waals surface area contributed by atoms with Crippen LogP contribution in [0.3, 0.4) is 0 Å². The fraction of sp³-hybridized carbons (Fsp3) is 0.722. The average Bonchev–Trinajstić information content (AvgIpc) is 2.76. The summed E-state index contributed by atoms with van der Waals surface area (Å²) in [7, 11) is 0. The van der Waals surface area contributed by atoms with Gasteiger partial charge in [0, 0.05) is 30.4 Å². The van der Waals surface area contributed by atoms with Crippen molar-refractivity contribution in [3.8, 4) is 0 Å². The Balaban J connectivity index is 2.12. The Morgan fingerprint density at radius 3 is 2.24 bits per heavy atom. The van der Waals surface area contributed by atoms with Crippen molar-refractivity contribution in [2.75, 3.05) is 11.9 Å². The Morgan fingerprint density at radius 2 is 1.81 bits per heavy atom. The Hall–Kier alpha value is -1.09. The van der Waals surface area contributed by atoms with E-state index in [4.69, 9.17) is 0 Å². The Bertz CT molecular complexity index is 443. The molecule has 1 saturated heterocycles. The Kier molecular flexibility index (Phi) is 4.34. The van der Waals surface area contributed by atoms with Gasteiger partial charge in [-0.15, -0.1) is 0 Å². The summed E-state index contributed by atoms with van der Waals surface area (Å²) in [5, 5.41) is 3.62. The van der Waals surface area contributed by atoms with Crippen LogP contribution in [0.25, 0.3) is 0 Å². The molecule has 21 heavy (non-hydrogen) atoms. The Labute approximate surface area is 130 Å². The van der Waals surface area contributed by atoms with Crippen molar-refractivity contribution in [3.05, 3.63) is 23.9 Å². The van der Waals surface area contributed by atoms with E-state index < -0.39 is 0 Å². The molecule has 2 heterocycles. The Morgan fingerprint density at radius 1 is 1.14 bits per heavy atom. The summed E-state index contributed by atoms with van der Waals surface area (Å²) in [6.45, 7) is 17.2. The molecule has 0 aliphatic carbocycles. The van der Waals surface area contributed by atoms with E-state index in [0.717, 1.165) is 12.4 Å². The summed E-state index contributed by atoms with van der Waals surface area (Å²) in [4.78, 5) is 7.14. The number of nitrogens with zero attached hydrogens (tertiary/aromatic N) is 2. The van der Waals surface area contributed by atoms with Crippen molar-refractivity contribution in [1.29, 1.82) is 0 Å². The number of hydrogen-bond donors (Lipinski definition) is 1. The van der Waals surface area contributed by atoms with E-state index in [0.29, 0.717) is 17.5 Å². The zero-order valence-electron chi connectivity index (χ0n) is 14.7. The third kappa shape index (κ3) is 3.97. The molecule has 1 aliphatic heterocycles. The first-order valence-electron chi connectivity index (χ1n) is 8.03. The third-order valence-electron chi connectivity index (χ3n) is 4.43. The molecule has 1 aromatic rings. The molecule has 0 amide bonds. The van der Waals surface area contributed by atoms with Crippen LogP contribution >= 0.6 is 0 Å². The highest BCUT2D eigenvalue weighted by Crippen LogP contribution is 2.37.